The molecule has 4 heteroatoms. The Bertz CT molecular complexity index is 456. The van der Waals surface area contributed by atoms with Crippen LogP contribution in [0.3, 0.4) is 0 Å². The van der Waals surface area contributed by atoms with Crippen LogP contribution >= 0.6 is 0 Å². The van der Waals surface area contributed by atoms with Crippen molar-refractivity contribution in [2.24, 2.45) is 0 Å². The lowest BCUT2D eigenvalue weighted by atomic mass is 10.00. The Morgan fingerprint density at radius 3 is 3.27 bits per heavy atom. The van der Waals surface area contributed by atoms with Gasteiger partial charge in [0.1, 0.15) is 0 Å². The highest BCUT2D eigenvalue weighted by Crippen LogP contribution is 2.21. The van der Waals surface area contributed by atoms with E-state index in [1.54, 1.807) is 6.20 Å². The highest BCUT2D eigenvalue weighted by Gasteiger charge is 2.15. The van der Waals surface area contributed by atoms with Gasteiger partial charge < -0.3 is 5.32 Å². The van der Waals surface area contributed by atoms with Gasteiger partial charge in [0.05, 0.1) is 6.20 Å². The average molecular weight is 202 g/mol. The summed E-state index contributed by atoms with van der Waals surface area (Å²) in [5, 5.41) is 7.71. The smallest absolute Gasteiger partial charge is 0.154 e. The minimum absolute atomic E-state index is 0.458. The van der Waals surface area contributed by atoms with Crippen LogP contribution in [-0.4, -0.2) is 21.1 Å². The highest BCUT2D eigenvalue weighted by molar-refractivity contribution is 5.36. The fourth-order valence-corrected chi connectivity index (χ4v) is 2.14. The number of piperidine rings is 1. The van der Waals surface area contributed by atoms with E-state index in [1.807, 2.05) is 16.8 Å². The number of nitrogens with zero attached hydrogens (tertiary/aromatic N) is 3. The molecule has 0 amide bonds. The van der Waals surface area contributed by atoms with Crippen molar-refractivity contribution < 1.29 is 0 Å². The monoisotopic (exact) mass is 202 g/mol. The van der Waals surface area contributed by atoms with Crippen molar-refractivity contribution in [1.29, 1.82) is 0 Å². The van der Waals surface area contributed by atoms with E-state index in [2.05, 4.69) is 21.6 Å². The molecule has 0 spiro atoms. The maximum Gasteiger partial charge on any atom is 0.154 e. The quantitative estimate of drug-likeness (QED) is 0.762. The van der Waals surface area contributed by atoms with Crippen LogP contribution in [0.4, 0.5) is 0 Å². The van der Waals surface area contributed by atoms with Crippen LogP contribution in [0.25, 0.3) is 5.65 Å². The minimum atomic E-state index is 0.458. The molecule has 1 aliphatic rings. The molecule has 78 valence electrons. The summed E-state index contributed by atoms with van der Waals surface area (Å²) in [6.45, 7) is 1.11. The van der Waals surface area contributed by atoms with Crippen LogP contribution in [-0.2, 0) is 0 Å². The summed E-state index contributed by atoms with van der Waals surface area (Å²) in [6, 6.07) is 2.37. The fourth-order valence-electron chi connectivity index (χ4n) is 2.14. The van der Waals surface area contributed by atoms with E-state index >= 15 is 0 Å². The van der Waals surface area contributed by atoms with Gasteiger partial charge in [-0.25, -0.2) is 9.50 Å². The first-order valence-corrected chi connectivity index (χ1v) is 5.46. The summed E-state index contributed by atoms with van der Waals surface area (Å²) >= 11 is 0. The number of nitrogens with one attached hydrogen (secondary N) is 1. The van der Waals surface area contributed by atoms with Gasteiger partial charge in [-0.15, -0.1) is 0 Å². The summed E-state index contributed by atoms with van der Waals surface area (Å²) in [7, 11) is 0. The summed E-state index contributed by atoms with van der Waals surface area (Å²) in [4.78, 5) is 4.38. The van der Waals surface area contributed by atoms with Crippen LogP contribution in [0.15, 0.2) is 24.7 Å². The van der Waals surface area contributed by atoms with Gasteiger partial charge in [0, 0.05) is 30.1 Å². The van der Waals surface area contributed by atoms with E-state index in [9.17, 15) is 0 Å². The molecule has 2 aromatic heterocycles. The fraction of sp³-hybridized carbons (Fsp3) is 0.455. The summed E-state index contributed by atoms with van der Waals surface area (Å²) in [5.41, 5.74) is 2.15. The summed E-state index contributed by atoms with van der Waals surface area (Å²) in [6.07, 6.45) is 9.60. The molecule has 3 heterocycles. The van der Waals surface area contributed by atoms with Gasteiger partial charge in [0.25, 0.3) is 0 Å². The number of fused-ring (bicyclic) bond motifs is 1. The molecule has 0 aliphatic carbocycles. The van der Waals surface area contributed by atoms with E-state index < -0.39 is 0 Å². The van der Waals surface area contributed by atoms with Gasteiger partial charge >= 0.3 is 0 Å². The normalized spacial score (nSPS) is 22.0. The largest absolute Gasteiger partial charge is 0.310 e. The molecule has 1 N–H and O–H groups in total. The SMILES string of the molecule is c1cc2ncc(C3CCCCN3)cn2n1. The van der Waals surface area contributed by atoms with E-state index in [4.69, 9.17) is 0 Å². The minimum Gasteiger partial charge on any atom is -0.310 e. The lowest BCUT2D eigenvalue weighted by Crippen LogP contribution is -2.27. The van der Waals surface area contributed by atoms with Crippen molar-refractivity contribution >= 4 is 5.65 Å². The van der Waals surface area contributed by atoms with Crippen LogP contribution in [0, 0.1) is 0 Å². The van der Waals surface area contributed by atoms with Crippen molar-refractivity contribution in [2.45, 2.75) is 25.3 Å². The first-order chi connectivity index (χ1) is 7.43. The topological polar surface area (TPSA) is 42.2 Å². The van der Waals surface area contributed by atoms with Crippen molar-refractivity contribution in [3.8, 4) is 0 Å². The molecule has 1 aliphatic heterocycles. The van der Waals surface area contributed by atoms with Crippen molar-refractivity contribution in [2.75, 3.05) is 6.54 Å². The van der Waals surface area contributed by atoms with E-state index in [0.29, 0.717) is 6.04 Å². The van der Waals surface area contributed by atoms with Crippen LogP contribution in [0.5, 0.6) is 0 Å². The van der Waals surface area contributed by atoms with Crippen molar-refractivity contribution in [1.82, 2.24) is 19.9 Å². The molecule has 15 heavy (non-hydrogen) atoms. The third kappa shape index (κ3) is 1.61. The molecule has 0 radical (unpaired) electrons. The number of hydrogen-bond donors (Lipinski definition) is 1. The molecule has 0 bridgehead atoms. The van der Waals surface area contributed by atoms with Crippen LogP contribution < -0.4 is 5.32 Å². The highest BCUT2D eigenvalue weighted by atomic mass is 15.2. The molecule has 4 nitrogen and oxygen atoms in total. The Labute approximate surface area is 88.3 Å². The Kier molecular flexibility index (Phi) is 2.14. The molecular formula is C11H14N4. The van der Waals surface area contributed by atoms with Gasteiger partial charge in [0.2, 0.25) is 0 Å². The molecule has 1 atom stereocenters. The maximum absolute atomic E-state index is 4.38. The zero-order valence-electron chi connectivity index (χ0n) is 8.56. The van der Waals surface area contributed by atoms with Crippen LogP contribution in [0.1, 0.15) is 30.9 Å². The van der Waals surface area contributed by atoms with Gasteiger partial charge in [-0.05, 0) is 19.4 Å². The van der Waals surface area contributed by atoms with E-state index in [1.165, 1.54) is 24.8 Å². The van der Waals surface area contributed by atoms with Crippen molar-refractivity contribution in [3.05, 3.63) is 30.2 Å². The van der Waals surface area contributed by atoms with Gasteiger partial charge in [-0.2, -0.15) is 5.10 Å². The zero-order chi connectivity index (χ0) is 10.1. The maximum atomic E-state index is 4.38. The van der Waals surface area contributed by atoms with E-state index in [0.717, 1.165) is 12.2 Å². The second-order valence-electron chi connectivity index (χ2n) is 4.02. The number of aromatic nitrogens is 3. The molecule has 0 saturated carbocycles. The molecular weight excluding hydrogens is 188 g/mol. The second kappa shape index (κ2) is 3.62. The van der Waals surface area contributed by atoms with Gasteiger partial charge in [0.15, 0.2) is 5.65 Å². The first kappa shape index (κ1) is 8.85. The predicted octanol–water partition coefficient (Wildman–Crippen LogP) is 1.54. The van der Waals surface area contributed by atoms with E-state index in [-0.39, 0.29) is 0 Å². The molecule has 1 saturated heterocycles. The van der Waals surface area contributed by atoms with Crippen molar-refractivity contribution in [3.63, 3.8) is 0 Å². The first-order valence-electron chi connectivity index (χ1n) is 5.46. The lowest BCUT2D eigenvalue weighted by Gasteiger charge is -2.23. The summed E-state index contributed by atoms with van der Waals surface area (Å²) < 4.78 is 1.84. The standard InChI is InChI=1S/C11H14N4/c1-2-5-12-10(3-1)9-7-13-11-4-6-14-15(11)8-9/h4,6-8,10,12H,1-3,5H2. The Hall–Kier alpha value is -1.42. The molecule has 0 aromatic carbocycles. The number of hydrogen-bond acceptors (Lipinski definition) is 3. The van der Waals surface area contributed by atoms with Crippen LogP contribution in [0.2, 0.25) is 0 Å². The third-order valence-electron chi connectivity index (χ3n) is 2.98. The molecule has 1 fully saturated rings. The Morgan fingerprint density at radius 1 is 1.40 bits per heavy atom. The molecule has 1 unspecified atom stereocenters. The Balaban J connectivity index is 1.95. The van der Waals surface area contributed by atoms with Gasteiger partial charge in [-0.3, -0.25) is 0 Å². The second-order valence-corrected chi connectivity index (χ2v) is 4.02. The van der Waals surface area contributed by atoms with Gasteiger partial charge in [-0.1, -0.05) is 6.42 Å². The Morgan fingerprint density at radius 2 is 2.40 bits per heavy atom. The number of rotatable bonds is 1. The lowest BCUT2D eigenvalue weighted by molar-refractivity contribution is 0.410. The molecule has 2 aromatic rings. The average Bonchev–Trinajstić information content (AvgIpc) is 2.77. The predicted molar refractivity (Wildman–Crippen MR) is 57.6 cm³/mol. The molecule has 3 rings (SSSR count). The summed E-state index contributed by atoms with van der Waals surface area (Å²) in [5.74, 6) is 0. The zero-order valence-corrected chi connectivity index (χ0v) is 8.56. The third-order valence-corrected chi connectivity index (χ3v) is 2.98.